The third kappa shape index (κ3) is 4.69. The molecule has 2 N–H and O–H groups in total. The van der Waals surface area contributed by atoms with Crippen LogP contribution in [-0.2, 0) is 6.42 Å². The predicted molar refractivity (Wildman–Crippen MR) is 103 cm³/mol. The van der Waals surface area contributed by atoms with Gasteiger partial charge in [0.15, 0.2) is 0 Å². The molecule has 0 radical (unpaired) electrons. The smallest absolute Gasteiger partial charge is 0.0811 e. The highest BCUT2D eigenvalue weighted by Gasteiger charge is 2.19. The van der Waals surface area contributed by atoms with Crippen LogP contribution in [0, 0.1) is 0 Å². The van der Waals surface area contributed by atoms with E-state index >= 15 is 0 Å². The Labute approximate surface area is 150 Å². The summed E-state index contributed by atoms with van der Waals surface area (Å²) in [5.74, 6) is 0. The summed E-state index contributed by atoms with van der Waals surface area (Å²) in [4.78, 5) is 2.59. The molecule has 2 atom stereocenters. The molecule has 3 nitrogen and oxygen atoms in total. The number of aliphatic hydroxyl groups excluding tert-OH is 2. The van der Waals surface area contributed by atoms with Crippen molar-refractivity contribution in [3.05, 3.63) is 59.7 Å². The number of benzene rings is 2. The molecule has 1 saturated heterocycles. The first-order valence-electron chi connectivity index (χ1n) is 9.39. The van der Waals surface area contributed by atoms with Gasteiger partial charge in [0.1, 0.15) is 0 Å². The second-order valence-electron chi connectivity index (χ2n) is 7.12. The lowest BCUT2D eigenvalue weighted by atomic mass is 9.99. The molecular formula is C22H29NO2. The van der Waals surface area contributed by atoms with Crippen molar-refractivity contribution in [2.24, 2.45) is 0 Å². The molecule has 1 aliphatic heterocycles. The van der Waals surface area contributed by atoms with E-state index < -0.39 is 6.10 Å². The van der Waals surface area contributed by atoms with Crippen molar-refractivity contribution < 1.29 is 10.2 Å². The van der Waals surface area contributed by atoms with Crippen LogP contribution in [0.3, 0.4) is 0 Å². The standard InChI is InChI=1S/C22H29NO2/c1-17-3-2-14-23(17)15-12-18-4-6-19(7-5-18)20-8-10-21(11-9-20)22(25)13-16-24/h4-11,17,22,24-25H,2-3,12-16H2,1H3/t17-,22?/m1/s1. The van der Waals surface area contributed by atoms with Crippen LogP contribution in [0.25, 0.3) is 11.1 Å². The molecule has 0 aromatic heterocycles. The first kappa shape index (κ1) is 18.1. The number of likely N-dealkylation sites (tertiary alicyclic amines) is 1. The van der Waals surface area contributed by atoms with Crippen molar-refractivity contribution in [1.29, 1.82) is 0 Å². The van der Waals surface area contributed by atoms with Crippen LogP contribution in [0.2, 0.25) is 0 Å². The lowest BCUT2D eigenvalue weighted by molar-refractivity contribution is 0.134. The number of hydrogen-bond acceptors (Lipinski definition) is 3. The number of hydrogen-bond donors (Lipinski definition) is 2. The minimum Gasteiger partial charge on any atom is -0.396 e. The largest absolute Gasteiger partial charge is 0.396 e. The fourth-order valence-electron chi connectivity index (χ4n) is 3.65. The van der Waals surface area contributed by atoms with Gasteiger partial charge in [0.25, 0.3) is 0 Å². The molecule has 0 saturated carbocycles. The van der Waals surface area contributed by atoms with Crippen molar-refractivity contribution in [2.45, 2.75) is 44.8 Å². The Hall–Kier alpha value is -1.68. The molecule has 1 aliphatic rings. The molecule has 1 heterocycles. The first-order chi connectivity index (χ1) is 12.2. The highest BCUT2D eigenvalue weighted by Crippen LogP contribution is 2.24. The van der Waals surface area contributed by atoms with Crippen LogP contribution in [-0.4, -0.2) is 40.9 Å². The van der Waals surface area contributed by atoms with E-state index in [0.29, 0.717) is 6.42 Å². The Bertz CT molecular complexity index is 651. The van der Waals surface area contributed by atoms with E-state index in [2.05, 4.69) is 36.1 Å². The maximum atomic E-state index is 9.92. The van der Waals surface area contributed by atoms with Crippen molar-refractivity contribution in [3.63, 3.8) is 0 Å². The van der Waals surface area contributed by atoms with Crippen molar-refractivity contribution in [1.82, 2.24) is 4.90 Å². The molecule has 0 spiro atoms. The minimum atomic E-state index is -0.589. The van der Waals surface area contributed by atoms with Gasteiger partial charge < -0.3 is 15.1 Å². The zero-order valence-electron chi connectivity index (χ0n) is 15.1. The SMILES string of the molecule is C[C@@H]1CCCN1CCc1ccc(-c2ccc(C(O)CCO)cc2)cc1. The highest BCUT2D eigenvalue weighted by molar-refractivity contribution is 5.64. The van der Waals surface area contributed by atoms with E-state index in [-0.39, 0.29) is 6.61 Å². The van der Waals surface area contributed by atoms with Crippen molar-refractivity contribution in [2.75, 3.05) is 19.7 Å². The number of nitrogens with zero attached hydrogens (tertiary/aromatic N) is 1. The van der Waals surface area contributed by atoms with Gasteiger partial charge in [-0.05, 0) is 55.0 Å². The van der Waals surface area contributed by atoms with Crippen LogP contribution in [0.4, 0.5) is 0 Å². The van der Waals surface area contributed by atoms with E-state index in [1.807, 2.05) is 24.3 Å². The minimum absolute atomic E-state index is 0.000582. The monoisotopic (exact) mass is 339 g/mol. The van der Waals surface area contributed by atoms with Gasteiger partial charge >= 0.3 is 0 Å². The average Bonchev–Trinajstić information content (AvgIpc) is 3.06. The van der Waals surface area contributed by atoms with Gasteiger partial charge in [-0.3, -0.25) is 0 Å². The molecule has 2 aromatic rings. The molecule has 0 aliphatic carbocycles. The third-order valence-corrected chi connectivity index (χ3v) is 5.36. The van der Waals surface area contributed by atoms with Crippen LogP contribution < -0.4 is 0 Å². The quantitative estimate of drug-likeness (QED) is 0.806. The van der Waals surface area contributed by atoms with E-state index in [9.17, 15) is 5.11 Å². The van der Waals surface area contributed by atoms with Crippen LogP contribution in [0.5, 0.6) is 0 Å². The normalized spacial score (nSPS) is 19.2. The van der Waals surface area contributed by atoms with E-state index in [4.69, 9.17) is 5.11 Å². The molecule has 0 bridgehead atoms. The van der Waals surface area contributed by atoms with Crippen LogP contribution in [0.1, 0.15) is 43.4 Å². The lowest BCUT2D eigenvalue weighted by Gasteiger charge is -2.20. The maximum Gasteiger partial charge on any atom is 0.0811 e. The summed E-state index contributed by atoms with van der Waals surface area (Å²) in [5.41, 5.74) is 4.59. The Morgan fingerprint density at radius 3 is 2.24 bits per heavy atom. The summed E-state index contributed by atoms with van der Waals surface area (Å²) < 4.78 is 0. The third-order valence-electron chi connectivity index (χ3n) is 5.36. The Balaban J connectivity index is 1.60. The van der Waals surface area contributed by atoms with E-state index in [1.165, 1.54) is 30.5 Å². The summed E-state index contributed by atoms with van der Waals surface area (Å²) in [6.45, 7) is 4.73. The van der Waals surface area contributed by atoms with Gasteiger partial charge in [-0.15, -0.1) is 0 Å². The molecule has 1 fully saturated rings. The molecule has 3 heteroatoms. The zero-order chi connectivity index (χ0) is 17.6. The summed E-state index contributed by atoms with van der Waals surface area (Å²) in [6, 6.07) is 17.5. The van der Waals surface area contributed by atoms with Crippen molar-refractivity contribution >= 4 is 0 Å². The highest BCUT2D eigenvalue weighted by atomic mass is 16.3. The van der Waals surface area contributed by atoms with Crippen molar-refractivity contribution in [3.8, 4) is 11.1 Å². The zero-order valence-corrected chi connectivity index (χ0v) is 15.1. The average molecular weight is 339 g/mol. The molecule has 2 aromatic carbocycles. The van der Waals surface area contributed by atoms with Gasteiger partial charge in [0, 0.05) is 25.6 Å². The molecule has 1 unspecified atom stereocenters. The lowest BCUT2D eigenvalue weighted by Crippen LogP contribution is -2.28. The summed E-state index contributed by atoms with van der Waals surface area (Å²) in [6.07, 6.45) is 3.57. The Morgan fingerprint density at radius 2 is 1.68 bits per heavy atom. The fraction of sp³-hybridized carbons (Fsp3) is 0.455. The van der Waals surface area contributed by atoms with Gasteiger partial charge in [-0.25, -0.2) is 0 Å². The Morgan fingerprint density at radius 1 is 1.04 bits per heavy atom. The first-order valence-corrected chi connectivity index (χ1v) is 9.39. The second kappa shape index (κ2) is 8.61. The van der Waals surface area contributed by atoms with Crippen LogP contribution >= 0.6 is 0 Å². The molecule has 0 amide bonds. The number of aliphatic hydroxyl groups is 2. The molecule has 25 heavy (non-hydrogen) atoms. The van der Waals surface area contributed by atoms with Gasteiger partial charge in [-0.1, -0.05) is 48.5 Å². The topological polar surface area (TPSA) is 43.7 Å². The van der Waals surface area contributed by atoms with Gasteiger partial charge in [0.05, 0.1) is 6.10 Å². The van der Waals surface area contributed by atoms with Crippen LogP contribution in [0.15, 0.2) is 48.5 Å². The van der Waals surface area contributed by atoms with E-state index in [0.717, 1.165) is 30.1 Å². The fourth-order valence-corrected chi connectivity index (χ4v) is 3.65. The Kier molecular flexibility index (Phi) is 6.24. The summed E-state index contributed by atoms with van der Waals surface area (Å²) >= 11 is 0. The predicted octanol–water partition coefficient (Wildman–Crippen LogP) is 3.80. The molecule has 3 rings (SSSR count). The maximum absolute atomic E-state index is 9.92. The molecule has 134 valence electrons. The summed E-state index contributed by atoms with van der Waals surface area (Å²) in [5, 5.41) is 18.8. The van der Waals surface area contributed by atoms with Gasteiger partial charge in [0.2, 0.25) is 0 Å². The molecular weight excluding hydrogens is 310 g/mol. The van der Waals surface area contributed by atoms with Gasteiger partial charge in [-0.2, -0.15) is 0 Å². The summed E-state index contributed by atoms with van der Waals surface area (Å²) in [7, 11) is 0. The van der Waals surface area contributed by atoms with E-state index in [1.54, 1.807) is 0 Å². The second-order valence-corrected chi connectivity index (χ2v) is 7.12. The number of rotatable bonds is 7.